The summed E-state index contributed by atoms with van der Waals surface area (Å²) in [4.78, 5) is 12.1. The van der Waals surface area contributed by atoms with Gasteiger partial charge < -0.3 is 5.32 Å². The normalized spacial score (nSPS) is 19.5. The molecule has 1 rings (SSSR count). The first-order valence-corrected chi connectivity index (χ1v) is 8.49. The maximum Gasteiger partial charge on any atom is 0.241 e. The highest BCUT2D eigenvalue weighted by Crippen LogP contribution is 2.27. The Morgan fingerprint density at radius 2 is 1.84 bits per heavy atom. The first kappa shape index (κ1) is 16.0. The Morgan fingerprint density at radius 1 is 1.32 bits per heavy atom. The van der Waals surface area contributed by atoms with Gasteiger partial charge in [-0.1, -0.05) is 19.3 Å². The first-order valence-electron chi connectivity index (χ1n) is 6.60. The number of amides is 1. The van der Waals surface area contributed by atoms with Crippen molar-refractivity contribution in [2.24, 2.45) is 5.92 Å². The molecule has 0 bridgehead atoms. The van der Waals surface area contributed by atoms with E-state index in [2.05, 4.69) is 11.4 Å². The van der Waals surface area contributed by atoms with Gasteiger partial charge in [0.1, 0.15) is 10.8 Å². The summed E-state index contributed by atoms with van der Waals surface area (Å²) in [6, 6.07) is 1.51. The van der Waals surface area contributed by atoms with Gasteiger partial charge in [-0.15, -0.1) is 0 Å². The smallest absolute Gasteiger partial charge is 0.241 e. The fourth-order valence-electron chi connectivity index (χ4n) is 2.21. The van der Waals surface area contributed by atoms with Crippen LogP contribution >= 0.6 is 0 Å². The van der Waals surface area contributed by atoms with Crippen molar-refractivity contribution in [1.29, 1.82) is 5.26 Å². The van der Waals surface area contributed by atoms with Crippen LogP contribution in [0.25, 0.3) is 0 Å². The van der Waals surface area contributed by atoms with Gasteiger partial charge in [-0.3, -0.25) is 4.79 Å². The van der Waals surface area contributed by atoms with Crippen molar-refractivity contribution in [2.45, 2.75) is 56.7 Å². The Labute approximate surface area is 115 Å². The SMILES string of the molecule is CC(C)(C(=O)NC(C#N)C1CCCCC1)S(C)(=O)=O. The summed E-state index contributed by atoms with van der Waals surface area (Å²) in [5, 5.41) is 11.8. The highest BCUT2D eigenvalue weighted by Gasteiger charge is 2.40. The maximum atomic E-state index is 12.1. The van der Waals surface area contributed by atoms with Crippen molar-refractivity contribution in [3.63, 3.8) is 0 Å². The van der Waals surface area contributed by atoms with Crippen molar-refractivity contribution in [3.05, 3.63) is 0 Å². The molecule has 6 heteroatoms. The van der Waals surface area contributed by atoms with Gasteiger partial charge in [0.15, 0.2) is 9.84 Å². The fraction of sp³-hybridized carbons (Fsp3) is 0.846. The summed E-state index contributed by atoms with van der Waals surface area (Å²) >= 11 is 0. The third-order valence-electron chi connectivity index (χ3n) is 4.02. The molecule has 5 nitrogen and oxygen atoms in total. The monoisotopic (exact) mass is 286 g/mol. The van der Waals surface area contributed by atoms with Crippen LogP contribution in [0.3, 0.4) is 0 Å². The third kappa shape index (κ3) is 3.69. The molecule has 108 valence electrons. The molecule has 1 aliphatic rings. The van der Waals surface area contributed by atoms with Gasteiger partial charge in [0.25, 0.3) is 0 Å². The van der Waals surface area contributed by atoms with Gasteiger partial charge in [0.2, 0.25) is 5.91 Å². The summed E-state index contributed by atoms with van der Waals surface area (Å²) in [7, 11) is -3.51. The molecule has 0 aliphatic heterocycles. The van der Waals surface area contributed by atoms with E-state index in [1.54, 1.807) is 0 Å². The largest absolute Gasteiger partial charge is 0.339 e. The molecule has 1 fully saturated rings. The minimum absolute atomic E-state index is 0.137. The lowest BCUT2D eigenvalue weighted by atomic mass is 9.84. The van der Waals surface area contributed by atoms with Crippen LogP contribution in [-0.4, -0.2) is 31.4 Å². The molecule has 0 radical (unpaired) electrons. The van der Waals surface area contributed by atoms with Crippen LogP contribution in [0.5, 0.6) is 0 Å². The van der Waals surface area contributed by atoms with Gasteiger partial charge in [-0.25, -0.2) is 8.42 Å². The molecule has 0 saturated heterocycles. The first-order chi connectivity index (χ1) is 8.70. The molecule has 1 amide bonds. The average molecular weight is 286 g/mol. The van der Waals surface area contributed by atoms with Crippen molar-refractivity contribution in [3.8, 4) is 6.07 Å². The fourth-order valence-corrected chi connectivity index (χ4v) is 2.60. The topological polar surface area (TPSA) is 87.0 Å². The van der Waals surface area contributed by atoms with E-state index in [0.717, 1.165) is 38.4 Å². The Morgan fingerprint density at radius 3 is 2.26 bits per heavy atom. The number of sulfone groups is 1. The third-order valence-corrected chi connectivity index (χ3v) is 6.06. The number of carbonyl (C=O) groups is 1. The van der Waals surface area contributed by atoms with E-state index < -0.39 is 26.5 Å². The molecular weight excluding hydrogens is 264 g/mol. The molecule has 1 atom stereocenters. The molecule has 0 aromatic carbocycles. The highest BCUT2D eigenvalue weighted by molar-refractivity contribution is 7.92. The van der Waals surface area contributed by atoms with Gasteiger partial charge in [0.05, 0.1) is 6.07 Å². The molecule has 1 saturated carbocycles. The number of carbonyl (C=O) groups excluding carboxylic acids is 1. The van der Waals surface area contributed by atoms with Gasteiger partial charge in [-0.05, 0) is 32.6 Å². The van der Waals surface area contributed by atoms with Crippen molar-refractivity contribution in [2.75, 3.05) is 6.26 Å². The standard InChI is InChI=1S/C13H22N2O3S/c1-13(2,19(3,17)18)12(16)15-11(9-14)10-7-5-4-6-8-10/h10-11H,4-8H2,1-3H3,(H,15,16). The van der Waals surface area contributed by atoms with Gasteiger partial charge in [0, 0.05) is 6.26 Å². The van der Waals surface area contributed by atoms with E-state index in [9.17, 15) is 18.5 Å². The van der Waals surface area contributed by atoms with Crippen molar-refractivity contribution < 1.29 is 13.2 Å². The van der Waals surface area contributed by atoms with Crippen LogP contribution in [0, 0.1) is 17.2 Å². The van der Waals surface area contributed by atoms with Crippen LogP contribution in [0.15, 0.2) is 0 Å². The molecular formula is C13H22N2O3S. The van der Waals surface area contributed by atoms with Gasteiger partial charge >= 0.3 is 0 Å². The van der Waals surface area contributed by atoms with Crippen LogP contribution in [0.4, 0.5) is 0 Å². The number of nitriles is 1. The Bertz CT molecular complexity index is 471. The predicted octanol–water partition coefficient (Wildman–Crippen LogP) is 1.40. The molecule has 19 heavy (non-hydrogen) atoms. The Balaban J connectivity index is 2.76. The molecule has 1 unspecified atom stereocenters. The minimum atomic E-state index is -3.51. The second-order valence-corrected chi connectivity index (χ2v) is 8.33. The number of nitrogens with one attached hydrogen (secondary N) is 1. The molecule has 0 aromatic rings. The average Bonchev–Trinajstić information content (AvgIpc) is 2.35. The van der Waals surface area contributed by atoms with E-state index in [-0.39, 0.29) is 5.92 Å². The molecule has 0 heterocycles. The Hall–Kier alpha value is -1.09. The number of rotatable bonds is 4. The van der Waals surface area contributed by atoms with Crippen molar-refractivity contribution >= 4 is 15.7 Å². The molecule has 0 aromatic heterocycles. The zero-order valence-electron chi connectivity index (χ0n) is 11.8. The van der Waals surface area contributed by atoms with E-state index in [0.29, 0.717) is 0 Å². The lowest BCUT2D eigenvalue weighted by Gasteiger charge is -2.29. The van der Waals surface area contributed by atoms with Crippen LogP contribution in [-0.2, 0) is 14.6 Å². The summed E-state index contributed by atoms with van der Waals surface area (Å²) in [6.45, 7) is 2.74. The van der Waals surface area contributed by atoms with E-state index in [1.165, 1.54) is 13.8 Å². The van der Waals surface area contributed by atoms with Gasteiger partial charge in [-0.2, -0.15) is 5.26 Å². The lowest BCUT2D eigenvalue weighted by molar-refractivity contribution is -0.123. The van der Waals surface area contributed by atoms with E-state index in [4.69, 9.17) is 0 Å². The van der Waals surface area contributed by atoms with E-state index in [1.807, 2.05) is 0 Å². The molecule has 1 N–H and O–H groups in total. The zero-order chi connectivity index (χ0) is 14.7. The van der Waals surface area contributed by atoms with Crippen LogP contribution in [0.1, 0.15) is 46.0 Å². The van der Waals surface area contributed by atoms with E-state index >= 15 is 0 Å². The highest BCUT2D eigenvalue weighted by atomic mass is 32.2. The second-order valence-electron chi connectivity index (χ2n) is 5.76. The quantitative estimate of drug-likeness (QED) is 0.846. The summed E-state index contributed by atoms with van der Waals surface area (Å²) < 4.78 is 21.7. The van der Waals surface area contributed by atoms with Crippen LogP contribution < -0.4 is 5.32 Å². The maximum absolute atomic E-state index is 12.1. The number of nitrogens with zero attached hydrogens (tertiary/aromatic N) is 1. The lowest BCUT2D eigenvalue weighted by Crippen LogP contribution is -2.52. The zero-order valence-corrected chi connectivity index (χ0v) is 12.6. The number of hydrogen-bond acceptors (Lipinski definition) is 4. The summed E-state index contributed by atoms with van der Waals surface area (Å²) in [5.41, 5.74) is 0. The Kier molecular flexibility index (Phi) is 4.97. The number of hydrogen-bond donors (Lipinski definition) is 1. The second kappa shape index (κ2) is 5.91. The molecule has 0 spiro atoms. The minimum Gasteiger partial charge on any atom is -0.339 e. The van der Waals surface area contributed by atoms with Crippen LogP contribution in [0.2, 0.25) is 0 Å². The summed E-state index contributed by atoms with van der Waals surface area (Å²) in [6.07, 6.45) is 6.16. The predicted molar refractivity (Wildman–Crippen MR) is 73.0 cm³/mol. The van der Waals surface area contributed by atoms with Crippen molar-refractivity contribution in [1.82, 2.24) is 5.32 Å². The summed E-state index contributed by atoms with van der Waals surface area (Å²) in [5.74, 6) is -0.454. The molecule has 1 aliphatic carbocycles.